The highest BCUT2D eigenvalue weighted by Gasteiger charge is 2.20. The summed E-state index contributed by atoms with van der Waals surface area (Å²) < 4.78 is 2.47. The molecule has 0 radical (unpaired) electrons. The molecular weight excluding hydrogens is 639 g/mol. The fourth-order valence-electron chi connectivity index (χ4n) is 7.24. The van der Waals surface area contributed by atoms with Gasteiger partial charge in [-0.3, -0.25) is 0 Å². The maximum Gasteiger partial charge on any atom is 0.162 e. The molecule has 0 saturated carbocycles. The Balaban J connectivity index is 1.21. The number of pyridine rings is 1. The summed E-state index contributed by atoms with van der Waals surface area (Å²) in [5.41, 5.74) is 10.1. The van der Waals surface area contributed by atoms with Crippen molar-refractivity contribution in [1.29, 1.82) is 0 Å². The average Bonchev–Trinajstić information content (AvgIpc) is 3.61. The van der Waals surface area contributed by atoms with Crippen LogP contribution in [0.5, 0.6) is 0 Å². The Morgan fingerprint density at radius 2 is 0.961 bits per heavy atom. The number of aromatic nitrogens is 3. The number of para-hydroxylation sites is 1. The van der Waals surface area contributed by atoms with E-state index in [0.29, 0.717) is 5.82 Å². The zero-order valence-electron chi connectivity index (χ0n) is 27.5. The van der Waals surface area contributed by atoms with Crippen molar-refractivity contribution in [3.63, 3.8) is 0 Å². The molecule has 0 amide bonds. The van der Waals surface area contributed by atoms with Gasteiger partial charge >= 0.3 is 0 Å². The molecule has 51 heavy (non-hydrogen) atoms. The van der Waals surface area contributed by atoms with E-state index in [2.05, 4.69) is 164 Å². The highest BCUT2D eigenvalue weighted by Crippen LogP contribution is 2.45. The number of hydrogen-bond donors (Lipinski definition) is 0. The molecule has 0 fully saturated rings. The minimum atomic E-state index is 0.658. The number of nitrogens with zero attached hydrogens (tertiary/aromatic N) is 3. The molecule has 0 aliphatic rings. The molecule has 238 valence electrons. The third-order valence-corrected chi connectivity index (χ3v) is 10.9. The predicted octanol–water partition coefficient (Wildman–Crippen LogP) is 12.9. The van der Waals surface area contributed by atoms with Crippen molar-refractivity contribution in [2.75, 3.05) is 0 Å². The summed E-state index contributed by atoms with van der Waals surface area (Å²) in [5, 5.41) is 6.00. The number of thiophene rings is 1. The van der Waals surface area contributed by atoms with E-state index >= 15 is 0 Å². The normalized spacial score (nSPS) is 11.5. The van der Waals surface area contributed by atoms with Crippen LogP contribution in [0.3, 0.4) is 0 Å². The monoisotopic (exact) mass is 667 g/mol. The number of hydrogen-bond acceptors (Lipinski definition) is 4. The molecule has 0 saturated heterocycles. The first-order chi connectivity index (χ1) is 25.3. The summed E-state index contributed by atoms with van der Waals surface area (Å²) in [5.74, 6) is 0.658. The van der Waals surface area contributed by atoms with Crippen molar-refractivity contribution >= 4 is 53.2 Å². The van der Waals surface area contributed by atoms with Gasteiger partial charge in [-0.2, -0.15) is 0 Å². The van der Waals surface area contributed by atoms with Crippen LogP contribution in [-0.4, -0.2) is 15.0 Å². The molecule has 0 unspecified atom stereocenters. The van der Waals surface area contributed by atoms with Crippen LogP contribution in [-0.2, 0) is 0 Å². The number of fused-ring (bicyclic) bond motifs is 6. The first-order valence-electron chi connectivity index (χ1n) is 17.1. The van der Waals surface area contributed by atoms with E-state index in [1.54, 1.807) is 0 Å². The van der Waals surface area contributed by atoms with E-state index in [9.17, 15) is 0 Å². The highest BCUT2D eigenvalue weighted by molar-refractivity contribution is 7.26. The van der Waals surface area contributed by atoms with Gasteiger partial charge in [0.05, 0.1) is 22.6 Å². The highest BCUT2D eigenvalue weighted by atomic mass is 32.1. The van der Waals surface area contributed by atoms with Crippen LogP contribution < -0.4 is 0 Å². The van der Waals surface area contributed by atoms with Crippen molar-refractivity contribution in [2.24, 2.45) is 0 Å². The smallest absolute Gasteiger partial charge is 0.162 e. The molecule has 3 aromatic heterocycles. The predicted molar refractivity (Wildman–Crippen MR) is 215 cm³/mol. The van der Waals surface area contributed by atoms with Gasteiger partial charge in [0.15, 0.2) is 5.82 Å². The molecule has 0 spiro atoms. The molecule has 7 aromatic carbocycles. The zero-order chi connectivity index (χ0) is 33.7. The number of rotatable bonds is 5. The Morgan fingerprint density at radius 3 is 1.71 bits per heavy atom. The lowest BCUT2D eigenvalue weighted by Gasteiger charge is -2.13. The van der Waals surface area contributed by atoms with Crippen LogP contribution in [0.25, 0.3) is 98.1 Å². The summed E-state index contributed by atoms with van der Waals surface area (Å²) in [7, 11) is 0. The molecule has 0 N–H and O–H groups in total. The molecular formula is C47H29N3S. The van der Waals surface area contributed by atoms with E-state index in [0.717, 1.165) is 50.2 Å². The van der Waals surface area contributed by atoms with Gasteiger partial charge in [-0.25, -0.2) is 15.0 Å². The van der Waals surface area contributed by atoms with Crippen molar-refractivity contribution in [1.82, 2.24) is 15.0 Å². The van der Waals surface area contributed by atoms with Gasteiger partial charge in [0, 0.05) is 47.8 Å². The summed E-state index contributed by atoms with van der Waals surface area (Å²) in [6.45, 7) is 0. The van der Waals surface area contributed by atoms with E-state index in [1.165, 1.54) is 42.1 Å². The summed E-state index contributed by atoms with van der Waals surface area (Å²) >= 11 is 1.82. The lowest BCUT2D eigenvalue weighted by Crippen LogP contribution is -1.98. The van der Waals surface area contributed by atoms with Crippen molar-refractivity contribution in [2.45, 2.75) is 0 Å². The molecule has 0 aliphatic carbocycles. The quantitative estimate of drug-likeness (QED) is 0.183. The van der Waals surface area contributed by atoms with Crippen LogP contribution in [0.4, 0.5) is 0 Å². The van der Waals surface area contributed by atoms with Gasteiger partial charge in [0.25, 0.3) is 0 Å². The summed E-state index contributed by atoms with van der Waals surface area (Å²) in [4.78, 5) is 16.0. The molecule has 10 aromatic rings. The fraction of sp³-hybridized carbons (Fsp3) is 0. The maximum atomic E-state index is 5.56. The van der Waals surface area contributed by atoms with Crippen LogP contribution in [0, 0.1) is 0 Å². The van der Waals surface area contributed by atoms with E-state index in [-0.39, 0.29) is 0 Å². The molecule has 4 heteroatoms. The van der Waals surface area contributed by atoms with Gasteiger partial charge < -0.3 is 0 Å². The van der Waals surface area contributed by atoms with Gasteiger partial charge in [0.2, 0.25) is 0 Å². The van der Waals surface area contributed by atoms with Crippen LogP contribution in [0.2, 0.25) is 0 Å². The van der Waals surface area contributed by atoms with E-state index in [4.69, 9.17) is 15.0 Å². The Morgan fingerprint density at radius 1 is 0.392 bits per heavy atom. The van der Waals surface area contributed by atoms with Crippen molar-refractivity contribution in [3.05, 3.63) is 176 Å². The maximum absolute atomic E-state index is 5.56. The summed E-state index contributed by atoms with van der Waals surface area (Å²) in [6, 6.07) is 61.8. The molecule has 0 bridgehead atoms. The van der Waals surface area contributed by atoms with Gasteiger partial charge in [0.1, 0.15) is 0 Å². The topological polar surface area (TPSA) is 38.7 Å². The third-order valence-electron chi connectivity index (χ3n) is 9.70. The molecule has 3 nitrogen and oxygen atoms in total. The SMILES string of the molecule is c1ccc(-c2cc(-c3ccccc3)nc(-c3cccc4c3nc(-c3ccc(-c5cccc6ccccc56)cc3)c3c5ccccc5sc43)n2)cc1. The zero-order valence-corrected chi connectivity index (χ0v) is 28.3. The largest absolute Gasteiger partial charge is 0.246 e. The van der Waals surface area contributed by atoms with E-state index in [1.807, 2.05) is 23.5 Å². The average molecular weight is 668 g/mol. The molecule has 10 rings (SSSR count). The van der Waals surface area contributed by atoms with Crippen LogP contribution in [0.1, 0.15) is 0 Å². The van der Waals surface area contributed by atoms with Crippen molar-refractivity contribution in [3.8, 4) is 56.3 Å². The van der Waals surface area contributed by atoms with Crippen molar-refractivity contribution < 1.29 is 0 Å². The lowest BCUT2D eigenvalue weighted by molar-refractivity contribution is 1.18. The summed E-state index contributed by atoms with van der Waals surface area (Å²) in [6.07, 6.45) is 0. The Labute approximate surface area is 299 Å². The minimum Gasteiger partial charge on any atom is -0.246 e. The van der Waals surface area contributed by atoms with Gasteiger partial charge in [-0.1, -0.05) is 158 Å². The third kappa shape index (κ3) is 5.08. The van der Waals surface area contributed by atoms with Crippen LogP contribution >= 0.6 is 11.3 Å². The Hall–Kier alpha value is -6.49. The molecule has 0 aliphatic heterocycles. The standard InChI is InChI=1S/C47H29N3S/c1-3-14-32(15-4-1)40-29-41(33-16-5-2-6-17-33)49-47(48-40)39-23-12-22-38-45(39)50-44(43-37-20-9-10-24-42(37)51-46(38)43)34-27-25-31(26-28-34)36-21-11-18-30-13-7-8-19-35(30)36/h1-29H. The minimum absolute atomic E-state index is 0.658. The van der Waals surface area contributed by atoms with Gasteiger partial charge in [-0.15, -0.1) is 11.3 Å². The van der Waals surface area contributed by atoms with Crippen LogP contribution in [0.15, 0.2) is 176 Å². The fourth-order valence-corrected chi connectivity index (χ4v) is 8.47. The second-order valence-corrected chi connectivity index (χ2v) is 13.8. The van der Waals surface area contributed by atoms with Gasteiger partial charge in [-0.05, 0) is 40.1 Å². The first kappa shape index (κ1) is 29.4. The Kier molecular flexibility index (Phi) is 7.00. The first-order valence-corrected chi connectivity index (χ1v) is 17.9. The van der Waals surface area contributed by atoms with E-state index < -0.39 is 0 Å². The molecule has 0 atom stereocenters. The molecule has 3 heterocycles. The Bertz CT molecular complexity index is 2830. The second-order valence-electron chi connectivity index (χ2n) is 12.8. The second kappa shape index (κ2) is 12.1. The number of benzene rings is 7. The lowest BCUT2D eigenvalue weighted by atomic mass is 9.96.